The largest absolute Gasteiger partial charge is 0.394 e. The first-order valence-corrected chi connectivity index (χ1v) is 5.44. The van der Waals surface area contributed by atoms with E-state index in [1.807, 2.05) is 0 Å². The molecule has 6 nitrogen and oxygen atoms in total. The Morgan fingerprint density at radius 2 is 0.667 bits per heavy atom. The van der Waals surface area contributed by atoms with Crippen molar-refractivity contribution in [3.8, 4) is 0 Å². The van der Waals surface area contributed by atoms with Crippen molar-refractivity contribution in [2.24, 2.45) is 0 Å². The molecule has 0 unspecified atom stereocenters. The summed E-state index contributed by atoms with van der Waals surface area (Å²) in [6.45, 7) is 3.79. The van der Waals surface area contributed by atoms with Gasteiger partial charge in [-0.05, 0) is 0 Å². The molecule has 0 bridgehead atoms. The van der Waals surface area contributed by atoms with E-state index in [4.69, 9.17) is 29.2 Å². The summed E-state index contributed by atoms with van der Waals surface area (Å²) in [6, 6.07) is 0. The highest BCUT2D eigenvalue weighted by atomic mass is 79.9. The molecule has 0 heterocycles. The van der Waals surface area contributed by atoms with Crippen LogP contribution in [-0.2, 0) is 18.9 Å². The minimum atomic E-state index is 0. The first kappa shape index (κ1) is 23.8. The maximum Gasteiger partial charge on any atom is 0.0701 e. The van der Waals surface area contributed by atoms with Crippen molar-refractivity contribution in [1.82, 2.24) is 0 Å². The number of rotatable bonds is 13. The second-order valence-corrected chi connectivity index (χ2v) is 2.90. The van der Waals surface area contributed by atoms with Crippen LogP contribution in [0.2, 0.25) is 0 Å². The van der Waals surface area contributed by atoms with Gasteiger partial charge in [-0.1, -0.05) is 0 Å². The van der Waals surface area contributed by atoms with Gasteiger partial charge in [0.05, 0.1) is 66.1 Å². The normalized spacial score (nSPS) is 9.67. The lowest BCUT2D eigenvalue weighted by molar-refractivity contribution is -0.00856. The highest BCUT2D eigenvalue weighted by Gasteiger charge is 1.91. The van der Waals surface area contributed by atoms with E-state index in [1.165, 1.54) is 0 Å². The van der Waals surface area contributed by atoms with Gasteiger partial charge in [0.15, 0.2) is 0 Å². The summed E-state index contributed by atoms with van der Waals surface area (Å²) in [5.74, 6) is 0. The lowest BCUT2D eigenvalue weighted by Gasteiger charge is -2.06. The van der Waals surface area contributed by atoms with Crippen LogP contribution in [0.3, 0.4) is 0 Å². The molecule has 0 aromatic rings. The molecule has 0 radical (unpaired) electrons. The molecule has 0 atom stereocenters. The molecule has 0 saturated heterocycles. The van der Waals surface area contributed by atoms with Gasteiger partial charge >= 0.3 is 0 Å². The van der Waals surface area contributed by atoms with Gasteiger partial charge in [-0.3, -0.25) is 0 Å². The summed E-state index contributed by atoms with van der Waals surface area (Å²) < 4.78 is 20.4. The lowest BCUT2D eigenvalue weighted by atomic mass is 10.7. The van der Waals surface area contributed by atoms with Gasteiger partial charge in [0, 0.05) is 0 Å². The minimum Gasteiger partial charge on any atom is -0.394 e. The summed E-state index contributed by atoms with van der Waals surface area (Å²) in [6.07, 6.45) is 0. The van der Waals surface area contributed by atoms with Crippen molar-refractivity contribution < 1.29 is 29.2 Å². The first-order valence-electron chi connectivity index (χ1n) is 5.44. The van der Waals surface area contributed by atoms with Gasteiger partial charge in [-0.2, -0.15) is 0 Å². The van der Waals surface area contributed by atoms with Crippen LogP contribution in [0.4, 0.5) is 0 Å². The Labute approximate surface area is 129 Å². The van der Waals surface area contributed by atoms with E-state index in [1.54, 1.807) is 0 Å². The predicted molar refractivity (Wildman–Crippen MR) is 78.1 cm³/mol. The molecule has 8 heteroatoms. The van der Waals surface area contributed by atoms with Crippen molar-refractivity contribution in [3.05, 3.63) is 0 Å². The minimum absolute atomic E-state index is 0. The Hall–Kier alpha value is 0.720. The van der Waals surface area contributed by atoms with Crippen molar-refractivity contribution in [3.63, 3.8) is 0 Å². The zero-order chi connectivity index (χ0) is 11.9. The second-order valence-electron chi connectivity index (χ2n) is 2.90. The number of halogens is 2. The van der Waals surface area contributed by atoms with E-state index in [0.29, 0.717) is 52.9 Å². The predicted octanol–water partition coefficient (Wildman–Crippen LogP) is 0.193. The van der Waals surface area contributed by atoms with E-state index in [0.717, 1.165) is 0 Å². The van der Waals surface area contributed by atoms with Gasteiger partial charge in [-0.15, -0.1) is 34.0 Å². The zero-order valence-corrected chi connectivity index (χ0v) is 13.8. The molecule has 0 aromatic carbocycles. The van der Waals surface area contributed by atoms with Gasteiger partial charge in [0.1, 0.15) is 0 Å². The summed E-state index contributed by atoms with van der Waals surface area (Å²) in [5, 5.41) is 16.8. The average Bonchev–Trinajstić information content (AvgIpc) is 2.31. The molecule has 0 aliphatic heterocycles. The first-order chi connectivity index (χ1) is 7.91. The van der Waals surface area contributed by atoms with Crippen molar-refractivity contribution in [2.45, 2.75) is 0 Å². The topological polar surface area (TPSA) is 77.4 Å². The smallest absolute Gasteiger partial charge is 0.0701 e. The van der Waals surface area contributed by atoms with Crippen LogP contribution < -0.4 is 0 Å². The van der Waals surface area contributed by atoms with E-state index in [-0.39, 0.29) is 47.2 Å². The number of aliphatic hydroxyl groups excluding tert-OH is 2. The van der Waals surface area contributed by atoms with Crippen LogP contribution in [0.1, 0.15) is 0 Å². The summed E-state index contributed by atoms with van der Waals surface area (Å²) in [7, 11) is 0. The van der Waals surface area contributed by atoms with E-state index < -0.39 is 0 Å². The van der Waals surface area contributed by atoms with Crippen molar-refractivity contribution in [1.29, 1.82) is 0 Å². The van der Waals surface area contributed by atoms with Gasteiger partial charge in [0.25, 0.3) is 0 Å². The maximum absolute atomic E-state index is 8.41. The molecule has 0 spiro atoms. The van der Waals surface area contributed by atoms with E-state index in [9.17, 15) is 0 Å². The van der Waals surface area contributed by atoms with Crippen LogP contribution in [-0.4, -0.2) is 76.3 Å². The van der Waals surface area contributed by atoms with E-state index in [2.05, 4.69) is 0 Å². The fraction of sp³-hybridized carbons (Fsp3) is 1.00. The molecule has 0 fully saturated rings. The molecule has 2 N–H and O–H groups in total. The fourth-order valence-electron chi connectivity index (χ4n) is 0.891. The molecular weight excluding hydrogens is 376 g/mol. The third-order valence-corrected chi connectivity index (χ3v) is 1.59. The highest BCUT2D eigenvalue weighted by Crippen LogP contribution is 1.82. The third kappa shape index (κ3) is 21.9. The molecule has 114 valence electrons. The van der Waals surface area contributed by atoms with Crippen LogP contribution in [0.25, 0.3) is 0 Å². The summed E-state index contributed by atoms with van der Waals surface area (Å²) in [4.78, 5) is 0. The van der Waals surface area contributed by atoms with Crippen molar-refractivity contribution in [2.75, 3.05) is 66.1 Å². The Morgan fingerprint density at radius 1 is 0.444 bits per heavy atom. The number of hydrogen-bond donors (Lipinski definition) is 2. The van der Waals surface area contributed by atoms with Gasteiger partial charge in [0.2, 0.25) is 0 Å². The monoisotopic (exact) mass is 398 g/mol. The van der Waals surface area contributed by atoms with Gasteiger partial charge < -0.3 is 29.2 Å². The molecule has 0 aliphatic rings. The molecule has 0 aromatic heterocycles. The molecule has 0 rings (SSSR count). The molecular formula is C10H24Br2O6. The Balaban J connectivity index is -0.00000112. The quantitative estimate of drug-likeness (QED) is 0.430. The SMILES string of the molecule is Br.Br.OCCOCCOCCOCCOCCO. The van der Waals surface area contributed by atoms with Crippen molar-refractivity contribution >= 4 is 34.0 Å². The molecule has 18 heavy (non-hydrogen) atoms. The average molecular weight is 400 g/mol. The Kier molecular flexibility index (Phi) is 30.2. The fourth-order valence-corrected chi connectivity index (χ4v) is 0.891. The van der Waals surface area contributed by atoms with Gasteiger partial charge in [-0.25, -0.2) is 0 Å². The molecule has 0 amide bonds. The van der Waals surface area contributed by atoms with Crippen LogP contribution >= 0.6 is 34.0 Å². The zero-order valence-electron chi connectivity index (χ0n) is 10.4. The van der Waals surface area contributed by atoms with Crippen LogP contribution in [0, 0.1) is 0 Å². The number of hydrogen-bond acceptors (Lipinski definition) is 6. The standard InChI is InChI=1S/C10H22O6.2BrH/c11-1-3-13-5-7-15-9-10-16-8-6-14-4-2-12;;/h11-12H,1-10H2;2*1H. The highest BCUT2D eigenvalue weighted by molar-refractivity contribution is 8.93. The maximum atomic E-state index is 8.41. The lowest BCUT2D eigenvalue weighted by Crippen LogP contribution is -2.13. The third-order valence-electron chi connectivity index (χ3n) is 1.59. The van der Waals surface area contributed by atoms with E-state index >= 15 is 0 Å². The number of ether oxygens (including phenoxy) is 4. The summed E-state index contributed by atoms with van der Waals surface area (Å²) in [5.41, 5.74) is 0. The second kappa shape index (κ2) is 22.9. The number of aliphatic hydroxyl groups is 2. The van der Waals surface area contributed by atoms with Crippen LogP contribution in [0.5, 0.6) is 0 Å². The summed E-state index contributed by atoms with van der Waals surface area (Å²) >= 11 is 0. The van der Waals surface area contributed by atoms with Crippen LogP contribution in [0.15, 0.2) is 0 Å². The Bertz CT molecular complexity index is 117. The molecule has 0 saturated carbocycles. The Morgan fingerprint density at radius 3 is 0.889 bits per heavy atom. The molecule has 0 aliphatic carbocycles.